The Labute approximate surface area is 142 Å². The Bertz CT molecular complexity index is 654. The van der Waals surface area contributed by atoms with E-state index in [1.807, 2.05) is 18.3 Å². The second kappa shape index (κ2) is 8.53. The summed E-state index contributed by atoms with van der Waals surface area (Å²) in [7, 11) is 0. The summed E-state index contributed by atoms with van der Waals surface area (Å²) in [5.74, 6) is -0.186. The van der Waals surface area contributed by atoms with E-state index in [0.717, 1.165) is 31.6 Å². The summed E-state index contributed by atoms with van der Waals surface area (Å²) in [6.07, 6.45) is 5.50. The average molecular weight is 332 g/mol. The second-order valence-electron chi connectivity index (χ2n) is 5.38. The van der Waals surface area contributed by atoms with Gasteiger partial charge in [0.25, 0.3) is 5.91 Å². The number of anilines is 2. The number of carbonyl (C=O) groups excluding carboxylic acids is 1. The molecule has 0 radical (unpaired) electrons. The van der Waals surface area contributed by atoms with Gasteiger partial charge in [-0.25, -0.2) is 0 Å². The zero-order chi connectivity index (χ0) is 16.7. The molecule has 1 N–H and O–H groups in total. The van der Waals surface area contributed by atoms with Crippen molar-refractivity contribution in [3.63, 3.8) is 0 Å². The number of rotatable bonds is 7. The summed E-state index contributed by atoms with van der Waals surface area (Å²) in [4.78, 5) is 18.9. The fourth-order valence-electron chi connectivity index (χ4n) is 2.40. The minimum atomic E-state index is -0.186. The van der Waals surface area contributed by atoms with E-state index >= 15 is 0 Å². The molecule has 0 atom stereocenters. The molecule has 23 heavy (non-hydrogen) atoms. The Hall–Kier alpha value is -2.07. The zero-order valence-electron chi connectivity index (χ0n) is 13.6. The second-order valence-corrected chi connectivity index (χ2v) is 5.82. The molecule has 0 aliphatic carbocycles. The van der Waals surface area contributed by atoms with Crippen LogP contribution >= 0.6 is 11.6 Å². The van der Waals surface area contributed by atoms with Crippen LogP contribution in [0.1, 0.15) is 37.0 Å². The molecule has 0 saturated heterocycles. The summed E-state index contributed by atoms with van der Waals surface area (Å²) >= 11 is 5.94. The summed E-state index contributed by atoms with van der Waals surface area (Å²) < 4.78 is 0. The number of halogens is 1. The molecule has 1 heterocycles. The predicted octanol–water partition coefficient (Wildman–Crippen LogP) is 4.61. The van der Waals surface area contributed by atoms with Gasteiger partial charge in [-0.1, -0.05) is 31.5 Å². The molecule has 0 unspecified atom stereocenters. The van der Waals surface area contributed by atoms with Crippen molar-refractivity contribution in [2.24, 2.45) is 0 Å². The molecule has 1 aromatic heterocycles. The topological polar surface area (TPSA) is 45.2 Å². The maximum absolute atomic E-state index is 12.4. The number of hydrogen-bond donors (Lipinski definition) is 1. The molecule has 122 valence electrons. The van der Waals surface area contributed by atoms with Gasteiger partial charge in [0, 0.05) is 30.0 Å². The highest BCUT2D eigenvalue weighted by molar-refractivity contribution is 6.30. The van der Waals surface area contributed by atoms with Crippen molar-refractivity contribution in [3.8, 4) is 0 Å². The van der Waals surface area contributed by atoms with Crippen LogP contribution < -0.4 is 10.2 Å². The molecular weight excluding hydrogens is 310 g/mol. The molecule has 5 heteroatoms. The lowest BCUT2D eigenvalue weighted by molar-refractivity contribution is 0.102. The Morgan fingerprint density at radius 3 is 2.57 bits per heavy atom. The average Bonchev–Trinajstić information content (AvgIpc) is 2.55. The fourth-order valence-corrected chi connectivity index (χ4v) is 2.59. The van der Waals surface area contributed by atoms with Crippen molar-refractivity contribution in [1.82, 2.24) is 4.98 Å². The van der Waals surface area contributed by atoms with E-state index in [2.05, 4.69) is 29.0 Å². The Morgan fingerprint density at radius 2 is 1.91 bits per heavy atom. The third-order valence-corrected chi connectivity index (χ3v) is 3.66. The van der Waals surface area contributed by atoms with Gasteiger partial charge < -0.3 is 10.2 Å². The first kappa shape index (κ1) is 17.3. The van der Waals surface area contributed by atoms with E-state index in [-0.39, 0.29) is 5.91 Å². The molecule has 0 aliphatic rings. The van der Waals surface area contributed by atoms with Crippen molar-refractivity contribution in [2.45, 2.75) is 26.7 Å². The van der Waals surface area contributed by atoms with Crippen molar-refractivity contribution in [2.75, 3.05) is 23.3 Å². The standard InChI is InChI=1S/C18H22ClN3O/c1-3-8-22(9-4-2)17-10-14(12-20-13-17)18(23)21-16-7-5-6-15(19)11-16/h5-7,10-13H,3-4,8-9H2,1-2H3,(H,21,23). The number of amides is 1. The van der Waals surface area contributed by atoms with Crippen LogP contribution in [0.25, 0.3) is 0 Å². The largest absolute Gasteiger partial charge is 0.370 e. The molecule has 0 fully saturated rings. The van der Waals surface area contributed by atoms with Crippen LogP contribution in [-0.4, -0.2) is 24.0 Å². The molecule has 1 amide bonds. The van der Waals surface area contributed by atoms with E-state index in [9.17, 15) is 4.79 Å². The first-order valence-electron chi connectivity index (χ1n) is 7.91. The van der Waals surface area contributed by atoms with Gasteiger partial charge in [-0.05, 0) is 37.1 Å². The van der Waals surface area contributed by atoms with Gasteiger partial charge in [-0.3, -0.25) is 9.78 Å². The van der Waals surface area contributed by atoms with Crippen molar-refractivity contribution in [3.05, 3.63) is 53.3 Å². The monoisotopic (exact) mass is 331 g/mol. The van der Waals surface area contributed by atoms with Crippen LogP contribution in [0.4, 0.5) is 11.4 Å². The van der Waals surface area contributed by atoms with E-state index < -0.39 is 0 Å². The molecule has 0 saturated carbocycles. The van der Waals surface area contributed by atoms with Gasteiger partial charge in [0.2, 0.25) is 0 Å². The first-order chi connectivity index (χ1) is 11.1. The Kier molecular flexibility index (Phi) is 6.41. The number of aromatic nitrogens is 1. The molecule has 0 spiro atoms. The minimum Gasteiger partial charge on any atom is -0.370 e. The third-order valence-electron chi connectivity index (χ3n) is 3.42. The van der Waals surface area contributed by atoms with Crippen LogP contribution in [-0.2, 0) is 0 Å². The molecule has 1 aromatic carbocycles. The number of hydrogen-bond acceptors (Lipinski definition) is 3. The minimum absolute atomic E-state index is 0.186. The number of carbonyl (C=O) groups is 1. The van der Waals surface area contributed by atoms with E-state index in [4.69, 9.17) is 11.6 Å². The lowest BCUT2D eigenvalue weighted by atomic mass is 10.2. The van der Waals surface area contributed by atoms with Gasteiger partial charge in [-0.15, -0.1) is 0 Å². The fraction of sp³-hybridized carbons (Fsp3) is 0.333. The number of pyridine rings is 1. The van der Waals surface area contributed by atoms with Gasteiger partial charge in [0.1, 0.15) is 0 Å². The van der Waals surface area contributed by atoms with Crippen LogP contribution in [0.5, 0.6) is 0 Å². The van der Waals surface area contributed by atoms with E-state index in [1.165, 1.54) is 0 Å². The van der Waals surface area contributed by atoms with Crippen LogP contribution in [0.3, 0.4) is 0 Å². The van der Waals surface area contributed by atoms with E-state index in [1.54, 1.807) is 24.4 Å². The van der Waals surface area contributed by atoms with Gasteiger partial charge >= 0.3 is 0 Å². The maximum Gasteiger partial charge on any atom is 0.257 e. The van der Waals surface area contributed by atoms with Gasteiger partial charge in [0.15, 0.2) is 0 Å². The zero-order valence-corrected chi connectivity index (χ0v) is 14.3. The highest BCUT2D eigenvalue weighted by atomic mass is 35.5. The van der Waals surface area contributed by atoms with Crippen molar-refractivity contribution < 1.29 is 4.79 Å². The summed E-state index contributed by atoms with van der Waals surface area (Å²) in [5.41, 5.74) is 2.19. The number of benzene rings is 1. The van der Waals surface area contributed by atoms with Crippen LogP contribution in [0, 0.1) is 0 Å². The molecule has 0 aliphatic heterocycles. The summed E-state index contributed by atoms with van der Waals surface area (Å²) in [6, 6.07) is 8.99. The molecule has 2 aromatic rings. The smallest absolute Gasteiger partial charge is 0.257 e. The SMILES string of the molecule is CCCN(CCC)c1cncc(C(=O)Nc2cccc(Cl)c2)c1. The normalized spacial score (nSPS) is 10.4. The molecular formula is C18H22ClN3O. The third kappa shape index (κ3) is 4.96. The van der Waals surface area contributed by atoms with Crippen molar-refractivity contribution in [1.29, 1.82) is 0 Å². The van der Waals surface area contributed by atoms with Crippen LogP contribution in [0.15, 0.2) is 42.7 Å². The first-order valence-corrected chi connectivity index (χ1v) is 8.28. The number of nitrogens with one attached hydrogen (secondary N) is 1. The summed E-state index contributed by atoms with van der Waals surface area (Å²) in [5, 5.41) is 3.44. The van der Waals surface area contributed by atoms with E-state index in [0.29, 0.717) is 16.3 Å². The molecule has 2 rings (SSSR count). The van der Waals surface area contributed by atoms with Crippen LogP contribution in [0.2, 0.25) is 5.02 Å². The molecule has 4 nitrogen and oxygen atoms in total. The summed E-state index contributed by atoms with van der Waals surface area (Å²) in [6.45, 7) is 6.20. The highest BCUT2D eigenvalue weighted by Crippen LogP contribution is 2.18. The quantitative estimate of drug-likeness (QED) is 0.805. The number of nitrogens with zero attached hydrogens (tertiary/aromatic N) is 2. The Morgan fingerprint density at radius 1 is 1.17 bits per heavy atom. The lowest BCUT2D eigenvalue weighted by Crippen LogP contribution is -2.25. The van der Waals surface area contributed by atoms with Gasteiger partial charge in [0.05, 0.1) is 17.4 Å². The predicted molar refractivity (Wildman–Crippen MR) is 96.4 cm³/mol. The van der Waals surface area contributed by atoms with Crippen molar-refractivity contribution >= 4 is 28.9 Å². The van der Waals surface area contributed by atoms with Gasteiger partial charge in [-0.2, -0.15) is 0 Å². The Balaban J connectivity index is 2.16. The molecule has 0 bridgehead atoms. The highest BCUT2D eigenvalue weighted by Gasteiger charge is 2.11. The maximum atomic E-state index is 12.4. The lowest BCUT2D eigenvalue weighted by Gasteiger charge is -2.23.